The van der Waals surface area contributed by atoms with E-state index in [1.54, 1.807) is 0 Å². The van der Waals surface area contributed by atoms with E-state index < -0.39 is 0 Å². The fourth-order valence-corrected chi connectivity index (χ4v) is 1.34. The van der Waals surface area contributed by atoms with Crippen LogP contribution in [0.5, 0.6) is 5.88 Å². The number of para-hydroxylation sites is 1. The predicted octanol–water partition coefficient (Wildman–Crippen LogP) is 2.96. The number of pyridine rings is 1. The van der Waals surface area contributed by atoms with Crippen molar-refractivity contribution in [2.75, 3.05) is 0 Å². The molecule has 2 aromatic rings. The van der Waals surface area contributed by atoms with Crippen LogP contribution in [0.2, 0.25) is 0 Å². The number of hydrogen-bond acceptors (Lipinski definition) is 2. The summed E-state index contributed by atoms with van der Waals surface area (Å²) in [4.78, 5) is 4.26. The third-order valence-electron chi connectivity index (χ3n) is 1.65. The minimum atomic E-state index is 0.648. The standard InChI is InChI=1S/C9H6INO/c10-12-9-6-5-7-3-1-2-4-8(7)11-9/h1-6H. The van der Waals surface area contributed by atoms with E-state index in [0.29, 0.717) is 5.88 Å². The van der Waals surface area contributed by atoms with Crippen LogP contribution in [0.15, 0.2) is 36.4 Å². The lowest BCUT2D eigenvalue weighted by Crippen LogP contribution is -1.81. The number of fused-ring (bicyclic) bond motifs is 1. The number of benzene rings is 1. The third kappa shape index (κ3) is 1.36. The molecule has 0 aliphatic heterocycles. The van der Waals surface area contributed by atoms with Crippen LogP contribution in [0.3, 0.4) is 0 Å². The van der Waals surface area contributed by atoms with Crippen molar-refractivity contribution < 1.29 is 3.07 Å². The molecule has 60 valence electrons. The summed E-state index contributed by atoms with van der Waals surface area (Å²) in [5.41, 5.74) is 0.965. The third-order valence-corrected chi connectivity index (χ3v) is 2.10. The first-order valence-electron chi connectivity index (χ1n) is 3.54. The molecule has 2 rings (SSSR count). The lowest BCUT2D eigenvalue weighted by Gasteiger charge is -1.98. The van der Waals surface area contributed by atoms with E-state index in [4.69, 9.17) is 3.07 Å². The first-order chi connectivity index (χ1) is 5.90. The Labute approximate surface area is 84.3 Å². The Morgan fingerprint density at radius 3 is 2.75 bits per heavy atom. The Bertz CT molecular complexity index is 402. The molecule has 2 nitrogen and oxygen atoms in total. The zero-order valence-corrected chi connectivity index (χ0v) is 8.36. The van der Waals surface area contributed by atoms with E-state index in [1.165, 1.54) is 0 Å². The fourth-order valence-electron chi connectivity index (χ4n) is 1.09. The molecule has 0 unspecified atom stereocenters. The molecule has 0 aliphatic rings. The van der Waals surface area contributed by atoms with Crippen LogP contribution in [0.4, 0.5) is 0 Å². The molecule has 12 heavy (non-hydrogen) atoms. The van der Waals surface area contributed by atoms with Gasteiger partial charge in [-0.15, -0.1) is 0 Å². The lowest BCUT2D eigenvalue weighted by atomic mass is 10.2. The molecular weight excluding hydrogens is 265 g/mol. The van der Waals surface area contributed by atoms with Gasteiger partial charge in [-0.05, 0) is 12.1 Å². The summed E-state index contributed by atoms with van der Waals surface area (Å²) in [5.74, 6) is 0.648. The highest BCUT2D eigenvalue weighted by atomic mass is 127. The summed E-state index contributed by atoms with van der Waals surface area (Å²) in [5, 5.41) is 1.13. The maximum Gasteiger partial charge on any atom is 0.225 e. The Morgan fingerprint density at radius 1 is 1.08 bits per heavy atom. The number of aromatic nitrogens is 1. The van der Waals surface area contributed by atoms with Gasteiger partial charge in [-0.1, -0.05) is 18.2 Å². The second-order valence-corrected chi connectivity index (χ2v) is 2.86. The highest BCUT2D eigenvalue weighted by molar-refractivity contribution is 14.1. The number of rotatable bonds is 1. The first-order valence-corrected chi connectivity index (χ1v) is 4.42. The molecule has 1 heterocycles. The van der Waals surface area contributed by atoms with Crippen molar-refractivity contribution in [2.45, 2.75) is 0 Å². The van der Waals surface area contributed by atoms with Gasteiger partial charge in [0.1, 0.15) is 0 Å². The highest BCUT2D eigenvalue weighted by Crippen LogP contribution is 2.16. The molecule has 0 atom stereocenters. The molecule has 1 aromatic heterocycles. The van der Waals surface area contributed by atoms with Gasteiger partial charge in [0.15, 0.2) is 23.0 Å². The van der Waals surface area contributed by atoms with Crippen LogP contribution < -0.4 is 3.07 Å². The monoisotopic (exact) mass is 271 g/mol. The average Bonchev–Trinajstić information content (AvgIpc) is 2.17. The summed E-state index contributed by atoms with van der Waals surface area (Å²) in [6, 6.07) is 11.8. The number of nitrogens with zero attached hydrogens (tertiary/aromatic N) is 1. The molecule has 0 saturated carbocycles. The topological polar surface area (TPSA) is 22.1 Å². The minimum Gasteiger partial charge on any atom is -0.408 e. The van der Waals surface area contributed by atoms with E-state index in [1.807, 2.05) is 59.4 Å². The predicted molar refractivity (Wildman–Crippen MR) is 56.4 cm³/mol. The number of halogens is 1. The molecule has 0 radical (unpaired) electrons. The van der Waals surface area contributed by atoms with Crippen LogP contribution in [0.1, 0.15) is 0 Å². The van der Waals surface area contributed by atoms with Gasteiger partial charge in [0.05, 0.1) is 5.52 Å². The fraction of sp³-hybridized carbons (Fsp3) is 0. The number of hydrogen-bond donors (Lipinski definition) is 0. The van der Waals surface area contributed by atoms with E-state index in [0.717, 1.165) is 10.9 Å². The Morgan fingerprint density at radius 2 is 1.92 bits per heavy atom. The highest BCUT2D eigenvalue weighted by Gasteiger charge is 1.95. The summed E-state index contributed by atoms with van der Waals surface area (Å²) < 4.78 is 4.98. The van der Waals surface area contributed by atoms with Crippen molar-refractivity contribution in [3.8, 4) is 5.88 Å². The Balaban J connectivity index is 2.67. The summed E-state index contributed by atoms with van der Waals surface area (Å²) in [7, 11) is 0. The van der Waals surface area contributed by atoms with Crippen molar-refractivity contribution in [3.63, 3.8) is 0 Å². The molecule has 3 heteroatoms. The molecule has 0 N–H and O–H groups in total. The van der Waals surface area contributed by atoms with E-state index >= 15 is 0 Å². The first kappa shape index (κ1) is 7.79. The smallest absolute Gasteiger partial charge is 0.225 e. The van der Waals surface area contributed by atoms with Crippen molar-refractivity contribution in [1.82, 2.24) is 4.98 Å². The maximum absolute atomic E-state index is 4.98. The molecule has 0 saturated heterocycles. The Hall–Kier alpha value is -0.840. The van der Waals surface area contributed by atoms with Gasteiger partial charge >= 0.3 is 0 Å². The molecular formula is C9H6INO. The second kappa shape index (κ2) is 3.26. The van der Waals surface area contributed by atoms with Crippen LogP contribution in [-0.2, 0) is 0 Å². The summed E-state index contributed by atoms with van der Waals surface area (Å²) in [6.45, 7) is 0. The van der Waals surface area contributed by atoms with Crippen LogP contribution in [0.25, 0.3) is 10.9 Å². The molecule has 0 spiro atoms. The summed E-state index contributed by atoms with van der Waals surface area (Å²) >= 11 is 1.82. The molecule has 0 amide bonds. The quantitative estimate of drug-likeness (QED) is 0.744. The second-order valence-electron chi connectivity index (χ2n) is 2.42. The van der Waals surface area contributed by atoms with E-state index in [9.17, 15) is 0 Å². The van der Waals surface area contributed by atoms with Gasteiger partial charge < -0.3 is 3.07 Å². The Kier molecular flexibility index (Phi) is 2.12. The van der Waals surface area contributed by atoms with E-state index in [-0.39, 0.29) is 0 Å². The van der Waals surface area contributed by atoms with Crippen LogP contribution in [0, 0.1) is 0 Å². The van der Waals surface area contributed by atoms with Gasteiger partial charge in [0.2, 0.25) is 5.88 Å². The van der Waals surface area contributed by atoms with Gasteiger partial charge in [0.25, 0.3) is 0 Å². The summed E-state index contributed by atoms with van der Waals surface area (Å²) in [6.07, 6.45) is 0. The molecule has 0 fully saturated rings. The van der Waals surface area contributed by atoms with Crippen molar-refractivity contribution in [3.05, 3.63) is 36.4 Å². The molecule has 0 aliphatic carbocycles. The largest absolute Gasteiger partial charge is 0.408 e. The molecule has 0 bridgehead atoms. The average molecular weight is 271 g/mol. The van der Waals surface area contributed by atoms with Gasteiger partial charge in [0, 0.05) is 11.5 Å². The normalized spacial score (nSPS) is 10.1. The van der Waals surface area contributed by atoms with Crippen molar-refractivity contribution in [1.29, 1.82) is 0 Å². The zero-order valence-electron chi connectivity index (χ0n) is 6.20. The van der Waals surface area contributed by atoms with Gasteiger partial charge in [-0.3, -0.25) is 0 Å². The maximum atomic E-state index is 4.98. The van der Waals surface area contributed by atoms with Crippen LogP contribution >= 0.6 is 23.0 Å². The van der Waals surface area contributed by atoms with Crippen molar-refractivity contribution >= 4 is 33.9 Å². The minimum absolute atomic E-state index is 0.648. The zero-order chi connectivity index (χ0) is 8.39. The SMILES string of the molecule is IOc1ccc2ccccc2n1. The van der Waals surface area contributed by atoms with Crippen LogP contribution in [-0.4, -0.2) is 4.98 Å². The van der Waals surface area contributed by atoms with Gasteiger partial charge in [-0.2, -0.15) is 0 Å². The van der Waals surface area contributed by atoms with Gasteiger partial charge in [-0.25, -0.2) is 4.98 Å². The molecule has 1 aromatic carbocycles. The van der Waals surface area contributed by atoms with Crippen molar-refractivity contribution in [2.24, 2.45) is 0 Å². The van der Waals surface area contributed by atoms with E-state index in [2.05, 4.69) is 4.98 Å². The lowest BCUT2D eigenvalue weighted by molar-refractivity contribution is 0.686.